The Kier molecular flexibility index (Phi) is 4.34. The summed E-state index contributed by atoms with van der Waals surface area (Å²) in [7, 11) is 0. The number of pyridine rings is 1. The number of aromatic nitrogens is 1. The molecule has 1 saturated heterocycles. The van der Waals surface area contributed by atoms with Crippen LogP contribution in [0.25, 0.3) is 0 Å². The number of aliphatic carboxylic acids is 1. The van der Waals surface area contributed by atoms with Crippen LogP contribution in [0.15, 0.2) is 18.3 Å². The van der Waals surface area contributed by atoms with Crippen LogP contribution < -0.4 is 5.32 Å². The molecule has 0 bridgehead atoms. The molecule has 0 aliphatic carbocycles. The summed E-state index contributed by atoms with van der Waals surface area (Å²) in [4.78, 5) is 27.5. The van der Waals surface area contributed by atoms with Gasteiger partial charge in [-0.05, 0) is 31.9 Å². The zero-order valence-corrected chi connectivity index (χ0v) is 11.4. The van der Waals surface area contributed by atoms with Gasteiger partial charge in [-0.2, -0.15) is 0 Å². The number of carboxylic acid groups (broad SMARTS) is 1. The molecule has 0 atom stereocenters. The van der Waals surface area contributed by atoms with E-state index in [-0.39, 0.29) is 12.5 Å². The summed E-state index contributed by atoms with van der Waals surface area (Å²) < 4.78 is 5.19. The van der Waals surface area contributed by atoms with E-state index in [1.165, 1.54) is 6.20 Å². The van der Waals surface area contributed by atoms with Gasteiger partial charge in [0.2, 0.25) is 0 Å². The van der Waals surface area contributed by atoms with E-state index < -0.39 is 11.4 Å². The standard InChI is InChI=1S/C14H18N2O4/c1-10-2-3-11(8-15-10)12(17)16-9-14(13(18)19)4-6-20-7-5-14/h2-3,8H,4-7,9H2,1H3,(H,16,17)(H,18,19). The number of aryl methyl sites for hydroxylation is 1. The van der Waals surface area contributed by atoms with Crippen LogP contribution in [-0.2, 0) is 9.53 Å². The lowest BCUT2D eigenvalue weighted by molar-refractivity contribution is -0.154. The van der Waals surface area contributed by atoms with Crippen LogP contribution in [0, 0.1) is 12.3 Å². The molecular weight excluding hydrogens is 260 g/mol. The first-order valence-electron chi connectivity index (χ1n) is 6.55. The van der Waals surface area contributed by atoms with Crippen molar-refractivity contribution >= 4 is 11.9 Å². The quantitative estimate of drug-likeness (QED) is 0.857. The molecule has 0 spiro atoms. The molecule has 0 radical (unpaired) electrons. The van der Waals surface area contributed by atoms with Gasteiger partial charge in [0.25, 0.3) is 5.91 Å². The Hall–Kier alpha value is -1.95. The van der Waals surface area contributed by atoms with Crippen molar-refractivity contribution in [1.29, 1.82) is 0 Å². The smallest absolute Gasteiger partial charge is 0.311 e. The zero-order chi connectivity index (χ0) is 14.6. The number of carbonyl (C=O) groups is 2. The number of nitrogens with zero attached hydrogens (tertiary/aromatic N) is 1. The maximum atomic E-state index is 12.0. The van der Waals surface area contributed by atoms with Crippen molar-refractivity contribution in [3.63, 3.8) is 0 Å². The van der Waals surface area contributed by atoms with Crippen LogP contribution in [0.4, 0.5) is 0 Å². The largest absolute Gasteiger partial charge is 0.481 e. The molecule has 2 heterocycles. The summed E-state index contributed by atoms with van der Waals surface area (Å²) in [5.41, 5.74) is 0.336. The maximum Gasteiger partial charge on any atom is 0.311 e. The molecule has 20 heavy (non-hydrogen) atoms. The summed E-state index contributed by atoms with van der Waals surface area (Å²) >= 11 is 0. The normalized spacial score (nSPS) is 17.4. The molecule has 108 valence electrons. The summed E-state index contributed by atoms with van der Waals surface area (Å²) in [5.74, 6) is -1.19. The minimum atomic E-state index is -0.925. The molecule has 1 amide bonds. The van der Waals surface area contributed by atoms with Crippen LogP contribution in [0.5, 0.6) is 0 Å². The minimum Gasteiger partial charge on any atom is -0.481 e. The first kappa shape index (κ1) is 14.5. The Labute approximate surface area is 117 Å². The number of amides is 1. The predicted octanol–water partition coefficient (Wildman–Crippen LogP) is 1.00. The van der Waals surface area contributed by atoms with E-state index in [9.17, 15) is 14.7 Å². The fraction of sp³-hybridized carbons (Fsp3) is 0.500. The Morgan fingerprint density at radius 1 is 1.40 bits per heavy atom. The number of hydrogen-bond acceptors (Lipinski definition) is 4. The van der Waals surface area contributed by atoms with Gasteiger partial charge in [-0.15, -0.1) is 0 Å². The van der Waals surface area contributed by atoms with Crippen LogP contribution in [0.2, 0.25) is 0 Å². The molecule has 1 aliphatic heterocycles. The van der Waals surface area contributed by atoms with Gasteiger partial charge in [-0.1, -0.05) is 0 Å². The van der Waals surface area contributed by atoms with Gasteiger partial charge in [0.1, 0.15) is 0 Å². The lowest BCUT2D eigenvalue weighted by atomic mass is 9.80. The summed E-state index contributed by atoms with van der Waals surface area (Å²) in [5, 5.41) is 12.1. The van der Waals surface area contributed by atoms with Crippen LogP contribution in [0.3, 0.4) is 0 Å². The van der Waals surface area contributed by atoms with Gasteiger partial charge in [0, 0.05) is 31.6 Å². The summed E-state index contributed by atoms with van der Waals surface area (Å²) in [6.07, 6.45) is 2.31. The second kappa shape index (κ2) is 6.00. The number of carbonyl (C=O) groups excluding carboxylic acids is 1. The highest BCUT2D eigenvalue weighted by Gasteiger charge is 2.40. The van der Waals surface area contributed by atoms with Gasteiger partial charge in [0.15, 0.2) is 0 Å². The van der Waals surface area contributed by atoms with Crippen molar-refractivity contribution in [3.05, 3.63) is 29.6 Å². The van der Waals surface area contributed by atoms with Crippen LogP contribution in [0.1, 0.15) is 28.9 Å². The monoisotopic (exact) mass is 278 g/mol. The highest BCUT2D eigenvalue weighted by molar-refractivity contribution is 5.94. The van der Waals surface area contributed by atoms with Crippen LogP contribution in [-0.4, -0.2) is 41.7 Å². The van der Waals surface area contributed by atoms with E-state index in [0.717, 1.165) is 5.69 Å². The van der Waals surface area contributed by atoms with E-state index in [1.54, 1.807) is 12.1 Å². The Morgan fingerprint density at radius 2 is 2.10 bits per heavy atom. The average molecular weight is 278 g/mol. The van der Waals surface area contributed by atoms with E-state index >= 15 is 0 Å². The molecular formula is C14H18N2O4. The maximum absolute atomic E-state index is 12.0. The fourth-order valence-corrected chi connectivity index (χ4v) is 2.18. The van der Waals surface area contributed by atoms with Gasteiger partial charge >= 0.3 is 5.97 Å². The number of rotatable bonds is 4. The molecule has 2 rings (SSSR count). The van der Waals surface area contributed by atoms with E-state index in [1.807, 2.05) is 6.92 Å². The van der Waals surface area contributed by atoms with Crippen molar-refractivity contribution in [2.45, 2.75) is 19.8 Å². The van der Waals surface area contributed by atoms with Gasteiger partial charge < -0.3 is 15.2 Å². The van der Waals surface area contributed by atoms with Gasteiger partial charge in [-0.3, -0.25) is 14.6 Å². The van der Waals surface area contributed by atoms with Gasteiger partial charge in [-0.25, -0.2) is 0 Å². The molecule has 1 aliphatic rings. The first-order chi connectivity index (χ1) is 9.53. The number of hydrogen-bond donors (Lipinski definition) is 2. The fourth-order valence-electron chi connectivity index (χ4n) is 2.18. The second-order valence-corrected chi connectivity index (χ2v) is 5.07. The van der Waals surface area contributed by atoms with Crippen LogP contribution >= 0.6 is 0 Å². The number of nitrogens with one attached hydrogen (secondary N) is 1. The van der Waals surface area contributed by atoms with Crippen molar-refractivity contribution in [1.82, 2.24) is 10.3 Å². The lowest BCUT2D eigenvalue weighted by Gasteiger charge is -2.33. The van der Waals surface area contributed by atoms with E-state index in [2.05, 4.69) is 10.3 Å². The topological polar surface area (TPSA) is 88.5 Å². The molecule has 6 nitrogen and oxygen atoms in total. The summed E-state index contributed by atoms with van der Waals surface area (Å²) in [6, 6.07) is 3.42. The lowest BCUT2D eigenvalue weighted by Crippen LogP contribution is -2.46. The predicted molar refractivity (Wildman–Crippen MR) is 71.4 cm³/mol. The minimum absolute atomic E-state index is 0.110. The highest BCUT2D eigenvalue weighted by atomic mass is 16.5. The SMILES string of the molecule is Cc1ccc(C(=O)NCC2(C(=O)O)CCOCC2)cn1. The third kappa shape index (κ3) is 3.14. The Bertz CT molecular complexity index is 492. The van der Waals surface area contributed by atoms with Gasteiger partial charge in [0.05, 0.1) is 11.0 Å². The molecule has 0 unspecified atom stereocenters. The molecule has 0 aromatic carbocycles. The molecule has 1 aromatic rings. The van der Waals surface area contributed by atoms with Crippen molar-refractivity contribution in [2.24, 2.45) is 5.41 Å². The van der Waals surface area contributed by atoms with Crippen molar-refractivity contribution < 1.29 is 19.4 Å². The average Bonchev–Trinajstić information content (AvgIpc) is 2.46. The van der Waals surface area contributed by atoms with Crippen molar-refractivity contribution in [3.8, 4) is 0 Å². The Balaban J connectivity index is 2.00. The van der Waals surface area contributed by atoms with E-state index in [0.29, 0.717) is 31.6 Å². The summed E-state index contributed by atoms with van der Waals surface area (Å²) in [6.45, 7) is 2.77. The molecule has 6 heteroatoms. The Morgan fingerprint density at radius 3 is 2.65 bits per heavy atom. The van der Waals surface area contributed by atoms with E-state index in [4.69, 9.17) is 4.74 Å². The third-order valence-electron chi connectivity index (χ3n) is 3.66. The molecule has 1 fully saturated rings. The molecule has 2 N–H and O–H groups in total. The van der Waals surface area contributed by atoms with Crippen molar-refractivity contribution in [2.75, 3.05) is 19.8 Å². The first-order valence-corrected chi connectivity index (χ1v) is 6.55. The molecule has 0 saturated carbocycles. The third-order valence-corrected chi connectivity index (χ3v) is 3.66. The number of ether oxygens (including phenoxy) is 1. The highest BCUT2D eigenvalue weighted by Crippen LogP contribution is 2.30. The molecule has 1 aromatic heterocycles. The second-order valence-electron chi connectivity index (χ2n) is 5.07. The zero-order valence-electron chi connectivity index (χ0n) is 11.4. The number of carboxylic acids is 1.